The summed E-state index contributed by atoms with van der Waals surface area (Å²) in [6, 6.07) is 3.37. The van der Waals surface area contributed by atoms with Crippen LogP contribution < -0.4 is 0 Å². The first-order chi connectivity index (χ1) is 8.80. The number of carbonyl (C=O) groups excluding carboxylic acids is 3. The molecule has 0 bridgehead atoms. The van der Waals surface area contributed by atoms with Gasteiger partial charge >= 0.3 is 6.18 Å². The molecule has 19 heavy (non-hydrogen) atoms. The first-order valence-electron chi connectivity index (χ1n) is 5.38. The lowest BCUT2D eigenvalue weighted by atomic mass is 10.1. The van der Waals surface area contributed by atoms with Gasteiger partial charge in [-0.05, 0) is 24.3 Å². The van der Waals surface area contributed by atoms with Gasteiger partial charge in [0, 0.05) is 18.4 Å². The lowest BCUT2D eigenvalue weighted by Crippen LogP contribution is -2.35. The lowest BCUT2D eigenvalue weighted by molar-refractivity contribution is -0.138. The van der Waals surface area contributed by atoms with Crippen LogP contribution in [0.2, 0.25) is 0 Å². The van der Waals surface area contributed by atoms with E-state index in [4.69, 9.17) is 0 Å². The van der Waals surface area contributed by atoms with Gasteiger partial charge in [0.2, 0.25) is 11.8 Å². The SMILES string of the molecule is O=C1CCC(=O)N1C(=O)c1ccc(C(F)(F)F)cc1. The Kier molecular flexibility index (Phi) is 3.13. The highest BCUT2D eigenvalue weighted by Crippen LogP contribution is 2.29. The van der Waals surface area contributed by atoms with E-state index in [2.05, 4.69) is 0 Å². The molecule has 1 aromatic carbocycles. The van der Waals surface area contributed by atoms with Crippen molar-refractivity contribution < 1.29 is 27.6 Å². The van der Waals surface area contributed by atoms with Crippen molar-refractivity contribution in [3.05, 3.63) is 35.4 Å². The highest BCUT2D eigenvalue weighted by atomic mass is 19.4. The summed E-state index contributed by atoms with van der Waals surface area (Å²) in [7, 11) is 0. The van der Waals surface area contributed by atoms with Crippen molar-refractivity contribution in [1.29, 1.82) is 0 Å². The van der Waals surface area contributed by atoms with Crippen LogP contribution in [0.5, 0.6) is 0 Å². The number of carbonyl (C=O) groups is 3. The van der Waals surface area contributed by atoms with Gasteiger partial charge in [-0.1, -0.05) is 0 Å². The molecule has 1 aliphatic rings. The van der Waals surface area contributed by atoms with Gasteiger partial charge < -0.3 is 0 Å². The summed E-state index contributed by atoms with van der Waals surface area (Å²) in [5.41, 5.74) is -1.03. The second-order valence-corrected chi connectivity index (χ2v) is 4.00. The number of rotatable bonds is 1. The van der Waals surface area contributed by atoms with Gasteiger partial charge in [-0.2, -0.15) is 13.2 Å². The molecule has 0 radical (unpaired) electrons. The Labute approximate surface area is 105 Å². The largest absolute Gasteiger partial charge is 0.416 e. The van der Waals surface area contributed by atoms with E-state index in [-0.39, 0.29) is 18.4 Å². The Hall–Kier alpha value is -2.18. The summed E-state index contributed by atoms with van der Waals surface area (Å²) in [4.78, 5) is 35.0. The van der Waals surface area contributed by atoms with E-state index in [1.165, 1.54) is 0 Å². The third-order valence-electron chi connectivity index (χ3n) is 2.71. The Bertz CT molecular complexity index is 532. The fourth-order valence-corrected chi connectivity index (χ4v) is 1.73. The summed E-state index contributed by atoms with van der Waals surface area (Å²) in [5.74, 6) is -2.15. The van der Waals surface area contributed by atoms with E-state index >= 15 is 0 Å². The van der Waals surface area contributed by atoms with Crippen LogP contribution in [0.1, 0.15) is 28.8 Å². The van der Waals surface area contributed by atoms with E-state index in [9.17, 15) is 27.6 Å². The van der Waals surface area contributed by atoms with Crippen molar-refractivity contribution in [2.45, 2.75) is 19.0 Å². The average Bonchev–Trinajstić information content (AvgIpc) is 2.67. The van der Waals surface area contributed by atoms with Gasteiger partial charge in [-0.15, -0.1) is 0 Å². The summed E-state index contributed by atoms with van der Waals surface area (Å²) in [6.45, 7) is 0. The van der Waals surface area contributed by atoms with E-state index in [0.29, 0.717) is 4.90 Å². The predicted octanol–water partition coefficient (Wildman–Crippen LogP) is 1.99. The zero-order valence-corrected chi connectivity index (χ0v) is 9.53. The molecular weight excluding hydrogens is 263 g/mol. The van der Waals surface area contributed by atoms with Crippen molar-refractivity contribution in [2.24, 2.45) is 0 Å². The van der Waals surface area contributed by atoms with Gasteiger partial charge in [-0.3, -0.25) is 14.4 Å². The van der Waals surface area contributed by atoms with E-state index in [1.54, 1.807) is 0 Å². The first kappa shape index (κ1) is 13.3. The number of benzene rings is 1. The summed E-state index contributed by atoms with van der Waals surface area (Å²) < 4.78 is 37.0. The topological polar surface area (TPSA) is 54.5 Å². The lowest BCUT2D eigenvalue weighted by Gasteiger charge is -2.12. The Morgan fingerprint density at radius 3 is 1.89 bits per heavy atom. The van der Waals surface area contributed by atoms with Gasteiger partial charge in [0.05, 0.1) is 5.56 Å². The number of amides is 3. The molecular formula is C12H8F3NO3. The van der Waals surface area contributed by atoms with Crippen molar-refractivity contribution in [2.75, 3.05) is 0 Å². The average molecular weight is 271 g/mol. The summed E-state index contributed by atoms with van der Waals surface area (Å²) >= 11 is 0. The van der Waals surface area contributed by atoms with Crippen molar-refractivity contribution in [3.8, 4) is 0 Å². The third kappa shape index (κ3) is 2.49. The number of alkyl halides is 3. The van der Waals surface area contributed by atoms with Crippen LogP contribution in [0, 0.1) is 0 Å². The van der Waals surface area contributed by atoms with E-state index in [0.717, 1.165) is 24.3 Å². The van der Waals surface area contributed by atoms with E-state index < -0.39 is 29.5 Å². The Balaban J connectivity index is 2.25. The van der Waals surface area contributed by atoms with Gasteiger partial charge in [0.15, 0.2) is 0 Å². The number of hydrogen-bond acceptors (Lipinski definition) is 3. The van der Waals surface area contributed by atoms with Crippen LogP contribution in [0.3, 0.4) is 0 Å². The fourth-order valence-electron chi connectivity index (χ4n) is 1.73. The molecule has 1 fully saturated rings. The monoisotopic (exact) mass is 271 g/mol. The molecule has 1 aliphatic heterocycles. The summed E-state index contributed by atoms with van der Waals surface area (Å²) in [6.07, 6.45) is -4.60. The van der Waals surface area contributed by atoms with Crippen LogP contribution in [-0.2, 0) is 15.8 Å². The van der Waals surface area contributed by atoms with Gasteiger partial charge in [0.1, 0.15) is 0 Å². The van der Waals surface area contributed by atoms with Crippen LogP contribution in [0.4, 0.5) is 13.2 Å². The Morgan fingerprint density at radius 2 is 1.47 bits per heavy atom. The quantitative estimate of drug-likeness (QED) is 0.734. The van der Waals surface area contributed by atoms with Crippen molar-refractivity contribution in [1.82, 2.24) is 4.90 Å². The maximum atomic E-state index is 12.3. The van der Waals surface area contributed by atoms with Crippen molar-refractivity contribution in [3.63, 3.8) is 0 Å². The number of hydrogen-bond donors (Lipinski definition) is 0. The predicted molar refractivity (Wildman–Crippen MR) is 56.9 cm³/mol. The van der Waals surface area contributed by atoms with Crippen LogP contribution in [0.15, 0.2) is 24.3 Å². The smallest absolute Gasteiger partial charge is 0.274 e. The number of nitrogens with zero attached hydrogens (tertiary/aromatic N) is 1. The second-order valence-electron chi connectivity index (χ2n) is 4.00. The number of likely N-dealkylation sites (tertiary alicyclic amines) is 1. The zero-order valence-electron chi connectivity index (χ0n) is 9.53. The molecule has 0 N–H and O–H groups in total. The van der Waals surface area contributed by atoms with E-state index in [1.807, 2.05) is 0 Å². The minimum Gasteiger partial charge on any atom is -0.274 e. The second kappa shape index (κ2) is 4.49. The maximum Gasteiger partial charge on any atom is 0.416 e. The molecule has 0 saturated carbocycles. The molecule has 0 aliphatic carbocycles. The third-order valence-corrected chi connectivity index (χ3v) is 2.71. The molecule has 0 unspecified atom stereocenters. The summed E-state index contributed by atoms with van der Waals surface area (Å²) in [5, 5.41) is 0. The first-order valence-corrected chi connectivity index (χ1v) is 5.38. The standard InChI is InChI=1S/C12H8F3NO3/c13-12(14,15)8-3-1-7(2-4-8)11(19)16-9(17)5-6-10(16)18/h1-4H,5-6H2. The zero-order chi connectivity index (χ0) is 14.2. The van der Waals surface area contributed by atoms with Crippen LogP contribution >= 0.6 is 0 Å². The minimum atomic E-state index is -4.50. The molecule has 4 nitrogen and oxygen atoms in total. The van der Waals surface area contributed by atoms with Crippen molar-refractivity contribution >= 4 is 17.7 Å². The number of halogens is 3. The molecule has 0 aromatic heterocycles. The van der Waals surface area contributed by atoms with Crippen LogP contribution in [0.25, 0.3) is 0 Å². The van der Waals surface area contributed by atoms with Gasteiger partial charge in [0.25, 0.3) is 5.91 Å². The fraction of sp³-hybridized carbons (Fsp3) is 0.250. The molecule has 100 valence electrons. The molecule has 3 amide bonds. The molecule has 2 rings (SSSR count). The molecule has 7 heteroatoms. The normalized spacial score (nSPS) is 16.1. The van der Waals surface area contributed by atoms with Crippen LogP contribution in [-0.4, -0.2) is 22.6 Å². The molecule has 1 saturated heterocycles. The molecule has 0 spiro atoms. The highest BCUT2D eigenvalue weighted by Gasteiger charge is 2.35. The molecule has 1 aromatic rings. The van der Waals surface area contributed by atoms with Gasteiger partial charge in [-0.25, -0.2) is 4.90 Å². The maximum absolute atomic E-state index is 12.3. The Morgan fingerprint density at radius 1 is 1.00 bits per heavy atom. The number of imide groups is 3. The highest BCUT2D eigenvalue weighted by molar-refractivity contribution is 6.19. The molecule has 0 atom stereocenters. The molecule has 1 heterocycles. The minimum absolute atomic E-state index is 0.0504.